The zero-order valence-corrected chi connectivity index (χ0v) is 11.6. The van der Waals surface area contributed by atoms with Gasteiger partial charge in [-0.25, -0.2) is 0 Å². The highest BCUT2D eigenvalue weighted by atomic mass is 32.1. The number of likely N-dealkylation sites (tertiary alicyclic amines) is 1. The van der Waals surface area contributed by atoms with Crippen molar-refractivity contribution in [2.45, 2.75) is 45.6 Å². The number of hydrogen-bond donors (Lipinski definition) is 0. The highest BCUT2D eigenvalue weighted by molar-refractivity contribution is 7.14. The average Bonchev–Trinajstić information content (AvgIpc) is 2.63. The molecule has 2 nitrogen and oxygen atoms in total. The lowest BCUT2D eigenvalue weighted by Gasteiger charge is -2.25. The molecule has 1 aromatic heterocycles. The zero-order chi connectivity index (χ0) is 12.3. The molecular weight excluding hydrogens is 230 g/mol. The highest BCUT2D eigenvalue weighted by Gasteiger charge is 2.20. The molecule has 0 bridgehead atoms. The summed E-state index contributed by atoms with van der Waals surface area (Å²) in [6.07, 6.45) is 5.09. The fraction of sp³-hybridized carbons (Fsp3) is 0.643. The van der Waals surface area contributed by atoms with E-state index in [0.717, 1.165) is 11.4 Å². The predicted molar refractivity (Wildman–Crippen MR) is 72.9 cm³/mol. The second-order valence-electron chi connectivity index (χ2n) is 5.00. The van der Waals surface area contributed by atoms with Crippen LogP contribution >= 0.6 is 11.3 Å². The Hall–Kier alpha value is -0.670. The lowest BCUT2D eigenvalue weighted by Crippen LogP contribution is -2.36. The number of nitrogens with zero attached hydrogens (tertiary/aromatic N) is 1. The number of rotatable bonds is 3. The summed E-state index contributed by atoms with van der Waals surface area (Å²) in [5.74, 6) is 0.289. The lowest BCUT2D eigenvalue weighted by molar-refractivity contribution is 0.0905. The van der Waals surface area contributed by atoms with Gasteiger partial charge in [0.2, 0.25) is 0 Å². The maximum absolute atomic E-state index is 12.2. The number of carbonyl (C=O) groups is 1. The number of hydrogen-bond acceptors (Lipinski definition) is 3. The van der Waals surface area contributed by atoms with Gasteiger partial charge in [-0.3, -0.25) is 9.69 Å². The van der Waals surface area contributed by atoms with Gasteiger partial charge in [0.25, 0.3) is 0 Å². The zero-order valence-electron chi connectivity index (χ0n) is 10.7. The Morgan fingerprint density at radius 2 is 2.24 bits per heavy atom. The van der Waals surface area contributed by atoms with Crippen molar-refractivity contribution in [3.8, 4) is 0 Å². The molecule has 3 heteroatoms. The third-order valence-electron chi connectivity index (χ3n) is 3.55. The van der Waals surface area contributed by atoms with Crippen LogP contribution in [-0.4, -0.2) is 29.8 Å². The second-order valence-corrected chi connectivity index (χ2v) is 6.29. The summed E-state index contributed by atoms with van der Waals surface area (Å²) in [6.45, 7) is 5.98. The van der Waals surface area contributed by atoms with Crippen molar-refractivity contribution in [3.05, 3.63) is 21.9 Å². The monoisotopic (exact) mass is 251 g/mol. The van der Waals surface area contributed by atoms with Crippen molar-refractivity contribution >= 4 is 17.1 Å². The Bertz CT molecular complexity index is 385. The van der Waals surface area contributed by atoms with Crippen LogP contribution in [0.25, 0.3) is 0 Å². The van der Waals surface area contributed by atoms with E-state index in [9.17, 15) is 4.79 Å². The van der Waals surface area contributed by atoms with Crippen LogP contribution in [0.5, 0.6) is 0 Å². The van der Waals surface area contributed by atoms with Crippen molar-refractivity contribution in [1.82, 2.24) is 4.90 Å². The number of aryl methyl sites for hydroxylation is 1. The second kappa shape index (κ2) is 5.78. The molecule has 1 atom stereocenters. The minimum absolute atomic E-state index is 0.289. The molecule has 2 rings (SSSR count). The first-order valence-corrected chi connectivity index (χ1v) is 7.32. The molecule has 0 saturated carbocycles. The van der Waals surface area contributed by atoms with Gasteiger partial charge in [-0.15, -0.1) is 11.3 Å². The molecule has 1 fully saturated rings. The van der Waals surface area contributed by atoms with Crippen LogP contribution in [-0.2, 0) is 0 Å². The standard InChI is InChI=1S/C14H21NOS/c1-11-6-4-3-5-9-15(11)10-13(16)14-8-7-12(2)17-14/h7-8,11H,3-6,9-10H2,1-2H3. The van der Waals surface area contributed by atoms with Crippen molar-refractivity contribution in [2.24, 2.45) is 0 Å². The number of thiophene rings is 1. The minimum Gasteiger partial charge on any atom is -0.293 e. The van der Waals surface area contributed by atoms with Crippen molar-refractivity contribution < 1.29 is 4.79 Å². The van der Waals surface area contributed by atoms with Gasteiger partial charge >= 0.3 is 0 Å². The minimum atomic E-state index is 0.289. The molecule has 0 amide bonds. The van der Waals surface area contributed by atoms with Gasteiger partial charge in [0.1, 0.15) is 0 Å². The molecule has 0 aliphatic carbocycles. The van der Waals surface area contributed by atoms with Crippen molar-refractivity contribution in [2.75, 3.05) is 13.1 Å². The van der Waals surface area contributed by atoms with Gasteiger partial charge < -0.3 is 0 Å². The SMILES string of the molecule is Cc1ccc(C(=O)CN2CCCCCC2C)s1. The molecule has 1 saturated heterocycles. The molecule has 94 valence electrons. The number of ketones is 1. The van der Waals surface area contributed by atoms with Gasteiger partial charge in [0.15, 0.2) is 5.78 Å². The molecule has 0 aromatic carbocycles. The Labute approximate surface area is 108 Å². The van der Waals surface area contributed by atoms with Crippen LogP contribution < -0.4 is 0 Å². The van der Waals surface area contributed by atoms with Crippen LogP contribution in [0.15, 0.2) is 12.1 Å². The highest BCUT2D eigenvalue weighted by Crippen LogP contribution is 2.19. The fourth-order valence-corrected chi connectivity index (χ4v) is 3.21. The van der Waals surface area contributed by atoms with E-state index in [1.165, 1.54) is 30.6 Å². The normalized spacial score (nSPS) is 22.4. The predicted octanol–water partition coefficient (Wildman–Crippen LogP) is 3.50. The summed E-state index contributed by atoms with van der Waals surface area (Å²) in [6, 6.07) is 4.55. The van der Waals surface area contributed by atoms with Gasteiger partial charge in [-0.05, 0) is 45.4 Å². The molecule has 2 heterocycles. The molecule has 0 N–H and O–H groups in total. The molecule has 1 unspecified atom stereocenters. The first kappa shape index (κ1) is 12.8. The Morgan fingerprint density at radius 1 is 1.41 bits per heavy atom. The molecule has 1 aromatic rings. The maximum atomic E-state index is 12.2. The van der Waals surface area contributed by atoms with E-state index in [0.29, 0.717) is 12.6 Å². The number of Topliss-reactive ketones (excluding diaryl/α,β-unsaturated/α-hetero) is 1. The molecule has 1 aliphatic rings. The summed E-state index contributed by atoms with van der Waals surface area (Å²) in [7, 11) is 0. The van der Waals surface area contributed by atoms with E-state index >= 15 is 0 Å². The molecule has 17 heavy (non-hydrogen) atoms. The van der Waals surface area contributed by atoms with E-state index in [1.54, 1.807) is 11.3 Å². The third-order valence-corrected chi connectivity index (χ3v) is 4.59. The van der Waals surface area contributed by atoms with Crippen LogP contribution in [0.4, 0.5) is 0 Å². The lowest BCUT2D eigenvalue weighted by atomic mass is 10.1. The van der Waals surface area contributed by atoms with Crippen molar-refractivity contribution in [3.63, 3.8) is 0 Å². The van der Waals surface area contributed by atoms with Crippen molar-refractivity contribution in [1.29, 1.82) is 0 Å². The maximum Gasteiger partial charge on any atom is 0.186 e. The largest absolute Gasteiger partial charge is 0.293 e. The summed E-state index contributed by atoms with van der Waals surface area (Å²) in [5, 5.41) is 0. The topological polar surface area (TPSA) is 20.3 Å². The smallest absolute Gasteiger partial charge is 0.186 e. The van der Waals surface area contributed by atoms with Gasteiger partial charge in [-0.2, -0.15) is 0 Å². The Morgan fingerprint density at radius 3 is 2.94 bits per heavy atom. The summed E-state index contributed by atoms with van der Waals surface area (Å²) >= 11 is 1.61. The Kier molecular flexibility index (Phi) is 4.35. The van der Waals surface area contributed by atoms with Crippen LogP contribution in [0.3, 0.4) is 0 Å². The summed E-state index contributed by atoms with van der Waals surface area (Å²) in [5.41, 5.74) is 0. The van der Waals surface area contributed by atoms with E-state index in [-0.39, 0.29) is 5.78 Å². The van der Waals surface area contributed by atoms with E-state index in [4.69, 9.17) is 0 Å². The summed E-state index contributed by atoms with van der Waals surface area (Å²) in [4.78, 5) is 16.6. The molecule has 0 radical (unpaired) electrons. The van der Waals surface area contributed by atoms with Gasteiger partial charge in [0, 0.05) is 10.9 Å². The van der Waals surface area contributed by atoms with Crippen LogP contribution in [0.2, 0.25) is 0 Å². The van der Waals surface area contributed by atoms with Gasteiger partial charge in [0.05, 0.1) is 11.4 Å². The van der Waals surface area contributed by atoms with Crippen LogP contribution in [0, 0.1) is 6.92 Å². The number of carbonyl (C=O) groups excluding carboxylic acids is 1. The van der Waals surface area contributed by atoms with Gasteiger partial charge in [-0.1, -0.05) is 12.8 Å². The first-order chi connectivity index (χ1) is 8.16. The quantitative estimate of drug-likeness (QED) is 0.766. The molecular formula is C14H21NOS. The molecule has 1 aliphatic heterocycles. The van der Waals surface area contributed by atoms with E-state index in [1.807, 2.05) is 12.1 Å². The first-order valence-electron chi connectivity index (χ1n) is 6.50. The fourth-order valence-electron chi connectivity index (χ4n) is 2.42. The van der Waals surface area contributed by atoms with E-state index < -0.39 is 0 Å². The summed E-state index contributed by atoms with van der Waals surface area (Å²) < 4.78 is 0. The molecule has 0 spiro atoms. The van der Waals surface area contributed by atoms with Crippen LogP contribution in [0.1, 0.15) is 47.2 Å². The Balaban J connectivity index is 1.97. The average molecular weight is 251 g/mol. The van der Waals surface area contributed by atoms with E-state index in [2.05, 4.69) is 18.7 Å². The third kappa shape index (κ3) is 3.39.